The van der Waals surface area contributed by atoms with E-state index in [0.717, 1.165) is 25.6 Å². The van der Waals surface area contributed by atoms with Gasteiger partial charge in [-0.05, 0) is 67.9 Å². The first kappa shape index (κ1) is 21.9. The number of fused-ring (bicyclic) bond motifs is 1. The molecule has 8 nitrogen and oxygen atoms in total. The molecule has 2 saturated heterocycles. The van der Waals surface area contributed by atoms with Gasteiger partial charge in [0.2, 0.25) is 0 Å². The first-order valence-electron chi connectivity index (χ1n) is 10.9. The number of likely N-dealkylation sites (tertiary alicyclic amines) is 1. The van der Waals surface area contributed by atoms with Gasteiger partial charge in [0.15, 0.2) is 11.4 Å². The molecule has 3 atom stereocenters. The molecule has 2 fully saturated rings. The van der Waals surface area contributed by atoms with Crippen molar-refractivity contribution < 1.29 is 19.6 Å². The number of amides is 1. The van der Waals surface area contributed by atoms with Gasteiger partial charge in [-0.2, -0.15) is 5.23 Å². The van der Waals surface area contributed by atoms with Gasteiger partial charge in [-0.3, -0.25) is 4.79 Å². The zero-order valence-electron chi connectivity index (χ0n) is 18.1. The maximum atomic E-state index is 12.7. The van der Waals surface area contributed by atoms with E-state index in [1.54, 1.807) is 18.2 Å². The van der Waals surface area contributed by atoms with Crippen LogP contribution >= 0.6 is 11.6 Å². The summed E-state index contributed by atoms with van der Waals surface area (Å²) in [6.07, 6.45) is 1.21. The fourth-order valence-corrected chi connectivity index (χ4v) is 5.11. The number of rotatable bonds is 5. The zero-order valence-corrected chi connectivity index (χ0v) is 18.9. The summed E-state index contributed by atoms with van der Waals surface area (Å²) < 4.78 is 5.67. The molecule has 3 N–H and O–H groups in total. The minimum absolute atomic E-state index is 0.0111. The van der Waals surface area contributed by atoms with Crippen molar-refractivity contribution in [2.24, 2.45) is 5.92 Å². The van der Waals surface area contributed by atoms with Gasteiger partial charge in [0, 0.05) is 48.1 Å². The third-order valence-corrected chi connectivity index (χ3v) is 6.73. The minimum atomic E-state index is -1.12. The van der Waals surface area contributed by atoms with Crippen LogP contribution in [-0.2, 0) is 0 Å². The molecule has 0 radical (unpaired) electrons. The second-order valence-corrected chi connectivity index (χ2v) is 9.13. The Labute approximate surface area is 196 Å². The van der Waals surface area contributed by atoms with E-state index in [0.29, 0.717) is 22.3 Å². The van der Waals surface area contributed by atoms with Gasteiger partial charge in [0.25, 0.3) is 5.91 Å². The highest BCUT2D eigenvalue weighted by Crippen LogP contribution is 2.35. The van der Waals surface area contributed by atoms with Crippen molar-refractivity contribution in [1.29, 1.82) is 0 Å². The Morgan fingerprint density at radius 1 is 1.18 bits per heavy atom. The van der Waals surface area contributed by atoms with Crippen molar-refractivity contribution in [2.75, 3.05) is 36.9 Å². The molecular weight excluding hydrogens is 444 g/mol. The summed E-state index contributed by atoms with van der Waals surface area (Å²) in [4.78, 5) is 17.5. The average molecular weight is 469 g/mol. The lowest BCUT2D eigenvalue weighted by Gasteiger charge is -2.26. The molecule has 0 aliphatic carbocycles. The number of nitrogens with zero attached hydrogens (tertiary/aromatic N) is 2. The maximum absolute atomic E-state index is 12.7. The third-order valence-electron chi connectivity index (χ3n) is 6.49. The third kappa shape index (κ3) is 4.36. The number of benzene rings is 2. The molecule has 2 aliphatic heterocycles. The van der Waals surface area contributed by atoms with Gasteiger partial charge in [-0.25, -0.2) is 5.21 Å². The maximum Gasteiger partial charge on any atom is 0.291 e. The predicted molar refractivity (Wildman–Crippen MR) is 126 cm³/mol. The molecule has 0 bridgehead atoms. The predicted octanol–water partition coefficient (Wildman–Crippen LogP) is 3.40. The number of likely N-dealkylation sites (N-methyl/N-ethyl adjacent to an activating group) is 1. The number of anilines is 2. The smallest absolute Gasteiger partial charge is 0.291 e. The molecule has 2 aliphatic rings. The van der Waals surface area contributed by atoms with Crippen LogP contribution in [0, 0.1) is 11.1 Å². The number of hydrogen-bond donors (Lipinski definition) is 3. The summed E-state index contributed by atoms with van der Waals surface area (Å²) in [5, 5.41) is 23.0. The van der Waals surface area contributed by atoms with Gasteiger partial charge in [-0.1, -0.05) is 11.6 Å². The number of furan rings is 1. The van der Waals surface area contributed by atoms with Crippen LogP contribution in [-0.4, -0.2) is 48.7 Å². The van der Waals surface area contributed by atoms with E-state index in [9.17, 15) is 15.2 Å². The van der Waals surface area contributed by atoms with Crippen LogP contribution in [0.3, 0.4) is 0 Å². The number of carbonyl (C=O) groups excluding carboxylic acids is 1. The van der Waals surface area contributed by atoms with Crippen LogP contribution in [0.2, 0.25) is 5.02 Å². The normalized spacial score (nSPS) is 21.3. The molecule has 3 aromatic rings. The van der Waals surface area contributed by atoms with E-state index in [-0.39, 0.29) is 17.2 Å². The fourth-order valence-electron chi connectivity index (χ4n) is 4.93. The molecule has 0 saturated carbocycles. The zero-order chi connectivity index (χ0) is 23.1. The van der Waals surface area contributed by atoms with Crippen LogP contribution in [0.1, 0.15) is 17.0 Å². The minimum Gasteiger partial charge on any atom is -0.595 e. The number of halogens is 1. The summed E-state index contributed by atoms with van der Waals surface area (Å²) >= 11 is 5.92. The van der Waals surface area contributed by atoms with Crippen LogP contribution in [0.15, 0.2) is 59.0 Å². The van der Waals surface area contributed by atoms with E-state index in [4.69, 9.17) is 16.0 Å². The van der Waals surface area contributed by atoms with Crippen LogP contribution in [0.5, 0.6) is 0 Å². The van der Waals surface area contributed by atoms with Gasteiger partial charge in [-0.15, -0.1) is 0 Å². The van der Waals surface area contributed by atoms with E-state index in [1.165, 1.54) is 24.2 Å². The Morgan fingerprint density at radius 2 is 1.97 bits per heavy atom. The highest BCUT2D eigenvalue weighted by Gasteiger charge is 2.39. The molecule has 1 unspecified atom stereocenters. The van der Waals surface area contributed by atoms with Crippen molar-refractivity contribution in [3.8, 4) is 11.3 Å². The Hall–Kier alpha value is -2.88. The summed E-state index contributed by atoms with van der Waals surface area (Å²) in [6, 6.07) is 16.0. The van der Waals surface area contributed by atoms with Gasteiger partial charge in [0.1, 0.15) is 5.76 Å². The summed E-state index contributed by atoms with van der Waals surface area (Å²) in [6.45, 7) is 3.30. The number of hydrogen-bond acceptors (Lipinski definition) is 6. The van der Waals surface area contributed by atoms with Crippen LogP contribution in [0.4, 0.5) is 17.1 Å². The lowest BCUT2D eigenvalue weighted by molar-refractivity contribution is -0.991. The van der Waals surface area contributed by atoms with Crippen LogP contribution in [0.25, 0.3) is 11.3 Å². The van der Waals surface area contributed by atoms with E-state index >= 15 is 0 Å². The SMILES string of the molecule is CN1C[C@@H]2CCN(c3ccc(NC(=O)c4ccc(-c5ccc(Cl)cc5[NH+]([O-])O)o4)cc3)[C@@H]2C1. The first-order valence-corrected chi connectivity index (χ1v) is 11.3. The summed E-state index contributed by atoms with van der Waals surface area (Å²) in [5.74, 6) is 0.703. The second kappa shape index (κ2) is 8.81. The molecule has 33 heavy (non-hydrogen) atoms. The fraction of sp³-hybridized carbons (Fsp3) is 0.292. The molecule has 2 aromatic carbocycles. The lowest BCUT2D eigenvalue weighted by Crippen LogP contribution is -2.99. The highest BCUT2D eigenvalue weighted by atomic mass is 35.5. The Balaban J connectivity index is 1.28. The average Bonchev–Trinajstić information content (AvgIpc) is 3.50. The Bertz CT molecular complexity index is 1160. The van der Waals surface area contributed by atoms with Gasteiger partial charge < -0.3 is 24.7 Å². The van der Waals surface area contributed by atoms with Crippen LogP contribution < -0.4 is 15.4 Å². The molecule has 3 heterocycles. The number of nitrogens with one attached hydrogen (secondary N) is 2. The monoisotopic (exact) mass is 468 g/mol. The Morgan fingerprint density at radius 3 is 2.73 bits per heavy atom. The first-order chi connectivity index (χ1) is 15.9. The largest absolute Gasteiger partial charge is 0.595 e. The van der Waals surface area contributed by atoms with Crippen molar-refractivity contribution in [3.63, 3.8) is 0 Å². The number of quaternary nitrogens is 1. The lowest BCUT2D eigenvalue weighted by atomic mass is 10.0. The van der Waals surface area contributed by atoms with Crippen molar-refractivity contribution >= 4 is 34.6 Å². The molecule has 5 rings (SSSR count). The van der Waals surface area contributed by atoms with E-state index < -0.39 is 11.1 Å². The molecule has 9 heteroatoms. The summed E-state index contributed by atoms with van der Waals surface area (Å²) in [7, 11) is 2.17. The van der Waals surface area contributed by atoms with Crippen molar-refractivity contribution in [3.05, 3.63) is 70.6 Å². The topological polar surface area (TPSA) is 96.5 Å². The quantitative estimate of drug-likeness (QED) is 0.497. The standard InChI is InChI=1S/C24H25ClN4O4/c1-27-13-15-10-11-28(21(15)14-27)18-5-3-17(4-6-18)26-24(30)23-9-8-22(33-23)19-7-2-16(25)12-20(19)29(31)32/h2-9,12,15,21,29,31H,10-11,13-14H2,1H3,(H,26,30)/t15-,21+/m0/s1. The second-order valence-electron chi connectivity index (χ2n) is 8.69. The van der Waals surface area contributed by atoms with Crippen molar-refractivity contribution in [1.82, 2.24) is 4.90 Å². The van der Waals surface area contributed by atoms with E-state index in [1.807, 2.05) is 24.3 Å². The molecular formula is C24H25ClN4O4. The van der Waals surface area contributed by atoms with Gasteiger partial charge >= 0.3 is 0 Å². The van der Waals surface area contributed by atoms with Crippen molar-refractivity contribution in [2.45, 2.75) is 12.5 Å². The van der Waals surface area contributed by atoms with E-state index in [2.05, 4.69) is 22.2 Å². The highest BCUT2D eigenvalue weighted by molar-refractivity contribution is 6.30. The molecule has 1 aromatic heterocycles. The molecule has 0 spiro atoms. The molecule has 1 amide bonds. The molecule has 172 valence electrons. The summed E-state index contributed by atoms with van der Waals surface area (Å²) in [5.41, 5.74) is 2.20. The number of carbonyl (C=O) groups is 1. The van der Waals surface area contributed by atoms with Gasteiger partial charge in [0.05, 0.1) is 5.56 Å². The Kier molecular flexibility index (Phi) is 5.86.